The molecule has 1 unspecified atom stereocenters. The molecule has 0 radical (unpaired) electrons. The largest absolute Gasteiger partial charge is 0.427 e. The lowest BCUT2D eigenvalue weighted by atomic mass is 10.2. The molecule has 2 N–H and O–H groups in total. The van der Waals surface area contributed by atoms with Crippen molar-refractivity contribution in [3.63, 3.8) is 0 Å². The van der Waals surface area contributed by atoms with E-state index in [2.05, 4.69) is 15.2 Å². The van der Waals surface area contributed by atoms with E-state index in [1.165, 1.54) is 16.8 Å². The van der Waals surface area contributed by atoms with E-state index in [4.69, 9.17) is 20.2 Å². The number of hydrogen-bond donors (Lipinski definition) is 2. The van der Waals surface area contributed by atoms with Gasteiger partial charge in [-0.1, -0.05) is 0 Å². The van der Waals surface area contributed by atoms with Gasteiger partial charge in [0.15, 0.2) is 0 Å². The van der Waals surface area contributed by atoms with Crippen molar-refractivity contribution in [3.8, 4) is 0 Å². The summed E-state index contributed by atoms with van der Waals surface area (Å²) in [7, 11) is 0. The summed E-state index contributed by atoms with van der Waals surface area (Å²) in [6, 6.07) is 1.18. The number of aromatic amines is 1. The van der Waals surface area contributed by atoms with Crippen LogP contribution >= 0.6 is 0 Å². The van der Waals surface area contributed by atoms with Gasteiger partial charge in [-0.2, -0.15) is 0 Å². The normalized spacial score (nSPS) is 25.8. The molecule has 1 aliphatic rings. The van der Waals surface area contributed by atoms with E-state index in [0.717, 1.165) is 0 Å². The average Bonchev–Trinajstić information content (AvgIpc) is 2.79. The van der Waals surface area contributed by atoms with Gasteiger partial charge < -0.3 is 14.7 Å². The maximum absolute atomic E-state index is 11.6. The highest BCUT2D eigenvalue weighted by Crippen LogP contribution is 2.29. The van der Waals surface area contributed by atoms with Crippen LogP contribution in [0.3, 0.4) is 0 Å². The number of aliphatic hydroxyl groups excluding tert-OH is 1. The van der Waals surface area contributed by atoms with Crippen LogP contribution in [0.25, 0.3) is 10.4 Å². The van der Waals surface area contributed by atoms with Crippen molar-refractivity contribution in [2.24, 2.45) is 5.28 Å². The smallest absolute Gasteiger partial charge is 0.330 e. The molecule has 0 aliphatic carbocycles. The van der Waals surface area contributed by atoms with E-state index in [1.54, 1.807) is 0 Å². The maximum Gasteiger partial charge on any atom is 0.330 e. The average molecular weight is 269 g/mol. The Morgan fingerprint density at radius 3 is 3.11 bits per heavy atom. The third-order valence-electron chi connectivity index (χ3n) is 2.74. The summed E-state index contributed by atoms with van der Waals surface area (Å²) < 4.78 is 6.58. The molecule has 1 aromatic rings. The first-order chi connectivity index (χ1) is 9.15. The highest BCUT2D eigenvalue weighted by atomic mass is 16.7. The molecule has 0 amide bonds. The Labute approximate surface area is 105 Å². The molecule has 0 aromatic carbocycles. The Balaban J connectivity index is 2.21. The molecule has 0 bridgehead atoms. The van der Waals surface area contributed by atoms with Crippen molar-refractivity contribution in [2.45, 2.75) is 24.9 Å². The third-order valence-corrected chi connectivity index (χ3v) is 2.74. The number of nitrogens with one attached hydrogen (secondary N) is 1. The van der Waals surface area contributed by atoms with Crippen LogP contribution in [0.2, 0.25) is 0 Å². The minimum Gasteiger partial charge on any atom is -0.427 e. The van der Waals surface area contributed by atoms with E-state index >= 15 is 0 Å². The number of nitrogens with zero attached hydrogens (tertiary/aromatic N) is 4. The number of azide groups is 1. The zero-order valence-electron chi connectivity index (χ0n) is 9.67. The number of hydrogen-bond acceptors (Lipinski definition) is 6. The Morgan fingerprint density at radius 1 is 1.68 bits per heavy atom. The third kappa shape index (κ3) is 2.76. The van der Waals surface area contributed by atoms with Gasteiger partial charge in [0, 0.05) is 23.6 Å². The van der Waals surface area contributed by atoms with Crippen LogP contribution in [0.4, 0.5) is 0 Å². The van der Waals surface area contributed by atoms with Crippen molar-refractivity contribution in [3.05, 3.63) is 43.5 Å². The fraction of sp³-hybridized carbons (Fsp3) is 0.556. The van der Waals surface area contributed by atoms with Crippen LogP contribution in [0.1, 0.15) is 12.6 Å². The van der Waals surface area contributed by atoms with Crippen molar-refractivity contribution in [2.75, 3.05) is 6.61 Å². The number of rotatable bonds is 4. The van der Waals surface area contributed by atoms with Gasteiger partial charge >= 0.3 is 5.69 Å². The fourth-order valence-corrected chi connectivity index (χ4v) is 1.88. The summed E-state index contributed by atoms with van der Waals surface area (Å²) in [6.45, 7) is -0.347. The lowest BCUT2D eigenvalue weighted by molar-refractivity contribution is -0.0625. The number of H-pyrrole nitrogens is 1. The van der Waals surface area contributed by atoms with Gasteiger partial charge in [0.05, 0.1) is 6.61 Å². The second-order valence-corrected chi connectivity index (χ2v) is 3.88. The lowest BCUT2D eigenvalue weighted by Gasteiger charge is -2.14. The maximum atomic E-state index is 11.6. The molecule has 1 saturated heterocycles. The van der Waals surface area contributed by atoms with Crippen LogP contribution in [0, 0.1) is 0 Å². The van der Waals surface area contributed by atoms with E-state index in [1.807, 2.05) is 0 Å². The van der Waals surface area contributed by atoms with E-state index in [0.29, 0.717) is 0 Å². The molecule has 1 aromatic heterocycles. The van der Waals surface area contributed by atoms with E-state index in [9.17, 15) is 9.59 Å². The van der Waals surface area contributed by atoms with Gasteiger partial charge in [0.2, 0.25) is 0 Å². The van der Waals surface area contributed by atoms with Crippen molar-refractivity contribution < 1.29 is 14.7 Å². The zero-order chi connectivity index (χ0) is 13.8. The predicted octanol–water partition coefficient (Wildman–Crippen LogP) is -0.573. The first-order valence-electron chi connectivity index (χ1n) is 5.43. The molecule has 19 heavy (non-hydrogen) atoms. The van der Waals surface area contributed by atoms with Crippen LogP contribution in [-0.4, -0.2) is 33.5 Å². The molecule has 1 aliphatic heterocycles. The van der Waals surface area contributed by atoms with Gasteiger partial charge in [-0.25, -0.2) is 4.79 Å². The molecule has 2 rings (SSSR count). The standard InChI is InChI=1S/C9H11N5O5/c10-12-13-19-5-3-8(18-6(5)4-15)14-2-1-7(16)11-9(14)17/h1-2,5-6,8,15H,3-4H2,(H,11,16,17)/t5?,6-,8-/m0/s1. The Hall–Kier alpha value is -2.29. The Kier molecular flexibility index (Phi) is 3.85. The van der Waals surface area contributed by atoms with Crippen LogP contribution < -0.4 is 11.2 Å². The summed E-state index contributed by atoms with van der Waals surface area (Å²) in [5.41, 5.74) is 7.04. The van der Waals surface area contributed by atoms with Gasteiger partial charge in [-0.15, -0.1) is 0 Å². The van der Waals surface area contributed by atoms with Gasteiger partial charge in [-0.3, -0.25) is 14.3 Å². The Morgan fingerprint density at radius 2 is 2.47 bits per heavy atom. The van der Waals surface area contributed by atoms with Crippen LogP contribution in [-0.2, 0) is 9.57 Å². The van der Waals surface area contributed by atoms with Crippen molar-refractivity contribution in [1.29, 1.82) is 0 Å². The summed E-state index contributed by atoms with van der Waals surface area (Å²) in [4.78, 5) is 31.9. The second-order valence-electron chi connectivity index (χ2n) is 3.88. The van der Waals surface area contributed by atoms with Crippen LogP contribution in [0.5, 0.6) is 0 Å². The topological polar surface area (TPSA) is 142 Å². The first-order valence-corrected chi connectivity index (χ1v) is 5.43. The molecule has 10 nitrogen and oxygen atoms in total. The van der Waals surface area contributed by atoms with Gasteiger partial charge in [-0.05, 0) is 5.53 Å². The molecule has 2 heterocycles. The molecule has 102 valence electrons. The summed E-state index contributed by atoms with van der Waals surface area (Å²) >= 11 is 0. The molecule has 0 spiro atoms. The molecule has 0 saturated carbocycles. The van der Waals surface area contributed by atoms with E-state index in [-0.39, 0.29) is 13.0 Å². The van der Waals surface area contributed by atoms with Crippen molar-refractivity contribution in [1.82, 2.24) is 9.55 Å². The molecular weight excluding hydrogens is 258 g/mol. The van der Waals surface area contributed by atoms with Crippen molar-refractivity contribution >= 4 is 0 Å². The fourth-order valence-electron chi connectivity index (χ4n) is 1.88. The highest BCUT2D eigenvalue weighted by Gasteiger charge is 2.37. The predicted molar refractivity (Wildman–Crippen MR) is 61.0 cm³/mol. The lowest BCUT2D eigenvalue weighted by Crippen LogP contribution is -2.31. The molecule has 1 fully saturated rings. The summed E-state index contributed by atoms with van der Waals surface area (Å²) in [5, 5.41) is 12.1. The highest BCUT2D eigenvalue weighted by molar-refractivity contribution is 4.88. The zero-order valence-corrected chi connectivity index (χ0v) is 9.67. The van der Waals surface area contributed by atoms with Gasteiger partial charge in [0.25, 0.3) is 5.56 Å². The minimum absolute atomic E-state index is 0.205. The molecule has 10 heteroatoms. The molecule has 3 atom stereocenters. The number of aliphatic hydroxyl groups is 1. The molecular formula is C9H11N5O5. The quantitative estimate of drug-likeness (QED) is 0.325. The first kappa shape index (κ1) is 13.1. The summed E-state index contributed by atoms with van der Waals surface area (Å²) in [6.07, 6.45) is -0.591. The Bertz CT molecular complexity index is 604. The van der Waals surface area contributed by atoms with E-state index < -0.39 is 29.7 Å². The second kappa shape index (κ2) is 5.57. The summed E-state index contributed by atoms with van der Waals surface area (Å²) in [5.74, 6) is 0. The number of aromatic nitrogens is 2. The SMILES string of the molecule is [N-]=[N+]=NOC1C[C@@H](n2ccc(=O)[nH]c2=O)O[C@H]1CO. The van der Waals surface area contributed by atoms with Crippen LogP contribution in [0.15, 0.2) is 27.1 Å². The monoisotopic (exact) mass is 269 g/mol. The minimum atomic E-state index is -0.714. The van der Waals surface area contributed by atoms with Gasteiger partial charge in [0.1, 0.15) is 23.7 Å². The number of ether oxygens (including phenoxy) is 1.